The van der Waals surface area contributed by atoms with Gasteiger partial charge >= 0.3 is 0 Å². The molecule has 0 spiro atoms. The van der Waals surface area contributed by atoms with Crippen molar-refractivity contribution in [2.45, 2.75) is 20.0 Å². The van der Waals surface area contributed by atoms with E-state index in [9.17, 15) is 4.39 Å². The zero-order chi connectivity index (χ0) is 15.2. The van der Waals surface area contributed by atoms with Crippen LogP contribution in [0, 0.1) is 12.7 Å². The van der Waals surface area contributed by atoms with E-state index in [-0.39, 0.29) is 5.02 Å². The van der Waals surface area contributed by atoms with Gasteiger partial charge in [0, 0.05) is 24.7 Å². The molecule has 0 radical (unpaired) electrons. The topological polar surface area (TPSA) is 49.3 Å². The molecular formula is C14H16ClFN4S. The van der Waals surface area contributed by atoms with Gasteiger partial charge < -0.3 is 10.6 Å². The number of guanidine groups is 1. The van der Waals surface area contributed by atoms with Crippen LogP contribution in [0.25, 0.3) is 0 Å². The SMILES string of the molecule is CN=C(NCc1ccc(F)c(Cl)c1)NCc1ncc(C)s1. The molecule has 0 saturated heterocycles. The number of hydrogen-bond donors (Lipinski definition) is 2. The second-order valence-electron chi connectivity index (χ2n) is 4.39. The third-order valence-corrected chi connectivity index (χ3v) is 3.95. The monoisotopic (exact) mass is 326 g/mol. The van der Waals surface area contributed by atoms with Crippen LogP contribution < -0.4 is 10.6 Å². The Labute approximate surface area is 132 Å². The summed E-state index contributed by atoms with van der Waals surface area (Å²) >= 11 is 7.39. The minimum atomic E-state index is -0.415. The van der Waals surface area contributed by atoms with Crippen LogP contribution in [-0.4, -0.2) is 18.0 Å². The van der Waals surface area contributed by atoms with Crippen LogP contribution in [-0.2, 0) is 13.1 Å². The van der Waals surface area contributed by atoms with Crippen molar-refractivity contribution in [3.05, 3.63) is 50.7 Å². The zero-order valence-corrected chi connectivity index (χ0v) is 13.4. The molecule has 0 bridgehead atoms. The highest BCUT2D eigenvalue weighted by Crippen LogP contribution is 2.15. The summed E-state index contributed by atoms with van der Waals surface area (Å²) < 4.78 is 13.1. The van der Waals surface area contributed by atoms with Crippen LogP contribution >= 0.6 is 22.9 Å². The Bertz CT molecular complexity index is 642. The predicted octanol–water partition coefficient (Wildman–Crippen LogP) is 3.11. The third kappa shape index (κ3) is 4.68. The largest absolute Gasteiger partial charge is 0.352 e. The molecular weight excluding hydrogens is 311 g/mol. The van der Waals surface area contributed by atoms with Crippen LogP contribution in [0.5, 0.6) is 0 Å². The molecule has 0 amide bonds. The Balaban J connectivity index is 1.86. The van der Waals surface area contributed by atoms with Crippen LogP contribution in [0.4, 0.5) is 4.39 Å². The highest BCUT2D eigenvalue weighted by atomic mass is 35.5. The molecule has 112 valence electrons. The molecule has 21 heavy (non-hydrogen) atoms. The van der Waals surface area contributed by atoms with Crippen molar-refractivity contribution < 1.29 is 4.39 Å². The highest BCUT2D eigenvalue weighted by molar-refractivity contribution is 7.11. The smallest absolute Gasteiger partial charge is 0.191 e. The van der Waals surface area contributed by atoms with Gasteiger partial charge in [0.1, 0.15) is 10.8 Å². The van der Waals surface area contributed by atoms with Crippen molar-refractivity contribution in [1.29, 1.82) is 0 Å². The normalized spacial score (nSPS) is 11.5. The first-order chi connectivity index (χ1) is 10.1. The van der Waals surface area contributed by atoms with Crippen LogP contribution in [0.2, 0.25) is 5.02 Å². The summed E-state index contributed by atoms with van der Waals surface area (Å²) in [7, 11) is 1.69. The van der Waals surface area contributed by atoms with Crippen molar-refractivity contribution in [1.82, 2.24) is 15.6 Å². The molecule has 4 nitrogen and oxygen atoms in total. The summed E-state index contributed by atoms with van der Waals surface area (Å²) in [4.78, 5) is 9.58. The van der Waals surface area contributed by atoms with Crippen molar-refractivity contribution in [2.75, 3.05) is 7.05 Å². The molecule has 0 fully saturated rings. The van der Waals surface area contributed by atoms with E-state index in [1.807, 2.05) is 13.1 Å². The number of thiazole rings is 1. The average molecular weight is 327 g/mol. The Morgan fingerprint density at radius 3 is 2.76 bits per heavy atom. The van der Waals surface area contributed by atoms with Gasteiger partial charge in [0.2, 0.25) is 0 Å². The summed E-state index contributed by atoms with van der Waals surface area (Å²) in [5.41, 5.74) is 0.884. The Morgan fingerprint density at radius 1 is 1.38 bits per heavy atom. The van der Waals surface area contributed by atoms with Crippen LogP contribution in [0.1, 0.15) is 15.4 Å². The minimum absolute atomic E-state index is 0.121. The van der Waals surface area contributed by atoms with Crippen molar-refractivity contribution in [3.8, 4) is 0 Å². The summed E-state index contributed by atoms with van der Waals surface area (Å²) in [6.45, 7) is 3.14. The summed E-state index contributed by atoms with van der Waals surface area (Å²) in [6.07, 6.45) is 1.85. The van der Waals surface area contributed by atoms with E-state index in [2.05, 4.69) is 20.6 Å². The number of aryl methyl sites for hydroxylation is 1. The predicted molar refractivity (Wildman–Crippen MR) is 85.3 cm³/mol. The molecule has 7 heteroatoms. The van der Waals surface area contributed by atoms with E-state index in [0.717, 1.165) is 10.6 Å². The van der Waals surface area contributed by atoms with Gasteiger partial charge in [-0.25, -0.2) is 9.37 Å². The molecule has 0 saturated carbocycles. The lowest BCUT2D eigenvalue weighted by atomic mass is 10.2. The molecule has 1 heterocycles. The Hall–Kier alpha value is -1.66. The van der Waals surface area contributed by atoms with Crippen molar-refractivity contribution >= 4 is 28.9 Å². The first-order valence-electron chi connectivity index (χ1n) is 6.38. The van der Waals surface area contributed by atoms with E-state index in [1.165, 1.54) is 10.9 Å². The molecule has 0 atom stereocenters. The Morgan fingerprint density at radius 2 is 2.14 bits per heavy atom. The lowest BCUT2D eigenvalue weighted by molar-refractivity contribution is 0.627. The number of halogens is 2. The summed E-state index contributed by atoms with van der Waals surface area (Å²) in [5, 5.41) is 7.44. The van der Waals surface area contributed by atoms with E-state index in [4.69, 9.17) is 11.6 Å². The summed E-state index contributed by atoms with van der Waals surface area (Å²) in [5.74, 6) is 0.241. The first kappa shape index (κ1) is 15.7. The minimum Gasteiger partial charge on any atom is -0.352 e. The average Bonchev–Trinajstić information content (AvgIpc) is 2.88. The first-order valence-corrected chi connectivity index (χ1v) is 7.57. The second-order valence-corrected chi connectivity index (χ2v) is 6.12. The third-order valence-electron chi connectivity index (χ3n) is 2.74. The fraction of sp³-hybridized carbons (Fsp3) is 0.286. The van der Waals surface area contributed by atoms with Gasteiger partial charge in [-0.05, 0) is 24.6 Å². The number of hydrogen-bond acceptors (Lipinski definition) is 3. The number of rotatable bonds is 4. The molecule has 0 aliphatic carbocycles. The maximum atomic E-state index is 13.1. The number of nitrogens with zero attached hydrogens (tertiary/aromatic N) is 2. The maximum Gasteiger partial charge on any atom is 0.191 e. The number of nitrogens with one attached hydrogen (secondary N) is 2. The number of aromatic nitrogens is 1. The molecule has 2 N–H and O–H groups in total. The van der Waals surface area contributed by atoms with Gasteiger partial charge in [0.25, 0.3) is 0 Å². The molecule has 2 rings (SSSR count). The number of aliphatic imine (C=N–C) groups is 1. The highest BCUT2D eigenvalue weighted by Gasteiger charge is 2.04. The molecule has 0 unspecified atom stereocenters. The van der Waals surface area contributed by atoms with Gasteiger partial charge in [0.15, 0.2) is 5.96 Å². The van der Waals surface area contributed by atoms with E-state index in [1.54, 1.807) is 30.5 Å². The van der Waals surface area contributed by atoms with Crippen molar-refractivity contribution in [3.63, 3.8) is 0 Å². The van der Waals surface area contributed by atoms with Crippen molar-refractivity contribution in [2.24, 2.45) is 4.99 Å². The van der Waals surface area contributed by atoms with Gasteiger partial charge in [0.05, 0.1) is 11.6 Å². The van der Waals surface area contributed by atoms with E-state index in [0.29, 0.717) is 19.0 Å². The second kappa shape index (κ2) is 7.38. The quantitative estimate of drug-likeness (QED) is 0.670. The molecule has 2 aromatic rings. The van der Waals surface area contributed by atoms with Gasteiger partial charge in [-0.2, -0.15) is 0 Å². The van der Waals surface area contributed by atoms with Gasteiger partial charge in [-0.1, -0.05) is 17.7 Å². The van der Waals surface area contributed by atoms with E-state index >= 15 is 0 Å². The molecule has 0 aliphatic rings. The maximum absolute atomic E-state index is 13.1. The van der Waals surface area contributed by atoms with Gasteiger partial charge in [-0.3, -0.25) is 4.99 Å². The lowest BCUT2D eigenvalue weighted by Gasteiger charge is -2.11. The molecule has 1 aromatic carbocycles. The lowest BCUT2D eigenvalue weighted by Crippen LogP contribution is -2.36. The van der Waals surface area contributed by atoms with Gasteiger partial charge in [-0.15, -0.1) is 11.3 Å². The fourth-order valence-electron chi connectivity index (χ4n) is 1.70. The fourth-order valence-corrected chi connectivity index (χ4v) is 2.63. The summed E-state index contributed by atoms with van der Waals surface area (Å²) in [6, 6.07) is 4.64. The molecule has 1 aromatic heterocycles. The Kier molecular flexibility index (Phi) is 5.52. The number of benzene rings is 1. The molecule has 0 aliphatic heterocycles. The van der Waals surface area contributed by atoms with E-state index < -0.39 is 5.82 Å². The van der Waals surface area contributed by atoms with Crippen LogP contribution in [0.15, 0.2) is 29.4 Å². The standard InChI is InChI=1S/C14H16ClFN4S/c1-9-6-18-13(21-9)8-20-14(17-2)19-7-10-3-4-12(16)11(15)5-10/h3-6H,7-8H2,1-2H3,(H2,17,19,20). The zero-order valence-electron chi connectivity index (χ0n) is 11.8. The van der Waals surface area contributed by atoms with Crippen LogP contribution in [0.3, 0.4) is 0 Å².